The van der Waals surface area contributed by atoms with Crippen molar-refractivity contribution in [1.29, 1.82) is 0 Å². The van der Waals surface area contributed by atoms with Crippen molar-refractivity contribution in [3.05, 3.63) is 11.6 Å². The van der Waals surface area contributed by atoms with E-state index in [0.717, 1.165) is 4.90 Å². The summed E-state index contributed by atoms with van der Waals surface area (Å²) in [4.78, 5) is 46.6. The fourth-order valence-corrected chi connectivity index (χ4v) is 2.87. The number of hydrogen-bond acceptors (Lipinski definition) is 8. The summed E-state index contributed by atoms with van der Waals surface area (Å²) in [5, 5.41) is 35.9. The largest absolute Gasteiger partial charge is 0.479 e. The van der Waals surface area contributed by atoms with E-state index >= 15 is 0 Å². The SMILES string of the molecule is COC(=O)C1=CCCN(C(=O)OC(C)(C)C)C1.O=C(O)N1CC[C@H](O)[C@@](O)(C(=O)O)C1. The van der Waals surface area contributed by atoms with Gasteiger partial charge in [0.15, 0.2) is 0 Å². The lowest BCUT2D eigenvalue weighted by atomic mass is 9.90. The molecule has 0 saturated carbocycles. The van der Waals surface area contributed by atoms with Crippen LogP contribution >= 0.6 is 0 Å². The van der Waals surface area contributed by atoms with Gasteiger partial charge in [0.05, 0.1) is 31.9 Å². The smallest absolute Gasteiger partial charge is 0.410 e. The van der Waals surface area contributed by atoms with Crippen molar-refractivity contribution in [2.24, 2.45) is 0 Å². The number of carboxylic acid groups (broad SMARTS) is 2. The zero-order chi connectivity index (χ0) is 24.0. The molecular formula is C19H30N2O10. The zero-order valence-electron chi connectivity index (χ0n) is 18.0. The number of hydrogen-bond donors (Lipinski definition) is 4. The molecule has 0 aliphatic carbocycles. The maximum Gasteiger partial charge on any atom is 0.410 e. The van der Waals surface area contributed by atoms with E-state index in [1.54, 1.807) is 6.08 Å². The number of piperidine rings is 1. The van der Waals surface area contributed by atoms with Crippen LogP contribution in [-0.4, -0.2) is 105 Å². The summed E-state index contributed by atoms with van der Waals surface area (Å²) in [5.74, 6) is -2.01. The van der Waals surface area contributed by atoms with Crippen LogP contribution in [0.2, 0.25) is 0 Å². The molecule has 2 heterocycles. The third-order valence-electron chi connectivity index (χ3n) is 4.55. The Morgan fingerprint density at radius 1 is 1.13 bits per heavy atom. The first-order valence-electron chi connectivity index (χ1n) is 9.58. The molecule has 0 aromatic rings. The summed E-state index contributed by atoms with van der Waals surface area (Å²) >= 11 is 0. The number of aliphatic carboxylic acids is 1. The number of carbonyl (C=O) groups is 4. The predicted octanol–water partition coefficient (Wildman–Crippen LogP) is 0.273. The first-order valence-corrected chi connectivity index (χ1v) is 9.58. The summed E-state index contributed by atoms with van der Waals surface area (Å²) in [6.45, 7) is 5.66. The van der Waals surface area contributed by atoms with Crippen LogP contribution < -0.4 is 0 Å². The Morgan fingerprint density at radius 2 is 1.74 bits per heavy atom. The monoisotopic (exact) mass is 446 g/mol. The van der Waals surface area contributed by atoms with Crippen LogP contribution in [0.5, 0.6) is 0 Å². The highest BCUT2D eigenvalue weighted by Gasteiger charge is 2.48. The molecule has 176 valence electrons. The van der Waals surface area contributed by atoms with Gasteiger partial charge in [0.2, 0.25) is 5.60 Å². The van der Waals surface area contributed by atoms with Gasteiger partial charge >= 0.3 is 24.1 Å². The first-order chi connectivity index (χ1) is 14.2. The molecule has 0 aromatic heterocycles. The minimum Gasteiger partial charge on any atom is -0.479 e. The minimum absolute atomic E-state index is 0.0199. The van der Waals surface area contributed by atoms with Gasteiger partial charge in [0.1, 0.15) is 5.60 Å². The van der Waals surface area contributed by atoms with E-state index in [1.807, 2.05) is 20.8 Å². The molecule has 0 aromatic carbocycles. The average Bonchev–Trinajstić information content (AvgIpc) is 2.68. The van der Waals surface area contributed by atoms with E-state index in [4.69, 9.17) is 14.9 Å². The van der Waals surface area contributed by atoms with E-state index in [-0.39, 0.29) is 19.5 Å². The molecular weight excluding hydrogens is 416 g/mol. The van der Waals surface area contributed by atoms with Gasteiger partial charge < -0.3 is 39.7 Å². The highest BCUT2D eigenvalue weighted by molar-refractivity contribution is 5.89. The third kappa shape index (κ3) is 7.40. The Bertz CT molecular complexity index is 730. The van der Waals surface area contributed by atoms with Crippen LogP contribution in [0, 0.1) is 0 Å². The highest BCUT2D eigenvalue weighted by Crippen LogP contribution is 2.22. The molecule has 0 bridgehead atoms. The molecule has 31 heavy (non-hydrogen) atoms. The maximum atomic E-state index is 11.8. The Balaban J connectivity index is 0.000000316. The molecule has 12 nitrogen and oxygen atoms in total. The quantitative estimate of drug-likeness (QED) is 0.431. The third-order valence-corrected chi connectivity index (χ3v) is 4.55. The molecule has 1 fully saturated rings. The van der Waals surface area contributed by atoms with Crippen molar-refractivity contribution in [1.82, 2.24) is 9.80 Å². The van der Waals surface area contributed by atoms with Crippen molar-refractivity contribution in [2.45, 2.75) is 50.9 Å². The Hall–Kier alpha value is -2.86. The number of carbonyl (C=O) groups excluding carboxylic acids is 2. The minimum atomic E-state index is -2.39. The van der Waals surface area contributed by atoms with Gasteiger partial charge in [-0.3, -0.25) is 0 Å². The fourth-order valence-electron chi connectivity index (χ4n) is 2.87. The Kier molecular flexibility index (Phi) is 8.82. The van der Waals surface area contributed by atoms with Gasteiger partial charge in [0, 0.05) is 13.1 Å². The van der Waals surface area contributed by atoms with Gasteiger partial charge in [-0.1, -0.05) is 6.08 Å². The molecule has 0 radical (unpaired) electrons. The number of amides is 2. The normalized spacial score (nSPS) is 23.7. The van der Waals surface area contributed by atoms with Crippen LogP contribution in [0.15, 0.2) is 11.6 Å². The summed E-state index contributed by atoms with van der Waals surface area (Å²) in [6, 6.07) is 0. The molecule has 2 atom stereocenters. The second kappa shape index (κ2) is 10.4. The van der Waals surface area contributed by atoms with Gasteiger partial charge in [-0.15, -0.1) is 0 Å². The molecule has 0 spiro atoms. The highest BCUT2D eigenvalue weighted by atomic mass is 16.6. The van der Waals surface area contributed by atoms with Crippen molar-refractivity contribution in [3.8, 4) is 0 Å². The van der Waals surface area contributed by atoms with Crippen LogP contribution in [0.25, 0.3) is 0 Å². The number of esters is 1. The van der Waals surface area contributed by atoms with Crippen molar-refractivity contribution in [2.75, 3.05) is 33.3 Å². The van der Waals surface area contributed by atoms with Crippen LogP contribution in [0.3, 0.4) is 0 Å². The molecule has 1 saturated heterocycles. The fraction of sp³-hybridized carbons (Fsp3) is 0.684. The number of nitrogens with zero attached hydrogens (tertiary/aromatic N) is 2. The number of carboxylic acids is 1. The number of rotatable bonds is 2. The van der Waals surface area contributed by atoms with Crippen LogP contribution in [0.1, 0.15) is 33.6 Å². The molecule has 2 amide bonds. The van der Waals surface area contributed by atoms with Gasteiger partial charge in [0.25, 0.3) is 0 Å². The summed E-state index contributed by atoms with van der Waals surface area (Å²) in [7, 11) is 1.33. The Labute approximate surface area is 179 Å². The molecule has 2 aliphatic heterocycles. The average molecular weight is 446 g/mol. The topological polar surface area (TPSA) is 174 Å². The first kappa shape index (κ1) is 26.2. The summed E-state index contributed by atoms with van der Waals surface area (Å²) in [6.07, 6.45) is -0.787. The molecule has 12 heteroatoms. The van der Waals surface area contributed by atoms with E-state index in [2.05, 4.69) is 4.74 Å². The lowest BCUT2D eigenvalue weighted by Crippen LogP contribution is -2.62. The van der Waals surface area contributed by atoms with Gasteiger partial charge in [-0.05, 0) is 33.6 Å². The lowest BCUT2D eigenvalue weighted by Gasteiger charge is -2.38. The van der Waals surface area contributed by atoms with Gasteiger partial charge in [-0.25, -0.2) is 19.2 Å². The number of ether oxygens (including phenoxy) is 2. The predicted molar refractivity (Wildman–Crippen MR) is 105 cm³/mol. The molecule has 0 unspecified atom stereocenters. The summed E-state index contributed by atoms with van der Waals surface area (Å²) < 4.78 is 9.88. The van der Waals surface area contributed by atoms with Crippen LogP contribution in [-0.2, 0) is 19.1 Å². The lowest BCUT2D eigenvalue weighted by molar-refractivity contribution is -0.180. The van der Waals surface area contributed by atoms with Crippen LogP contribution in [0.4, 0.5) is 9.59 Å². The molecule has 4 N–H and O–H groups in total. The van der Waals surface area contributed by atoms with Crippen molar-refractivity contribution >= 4 is 24.1 Å². The molecule has 2 rings (SSSR count). The molecule has 2 aliphatic rings. The number of aliphatic hydroxyl groups is 2. The summed E-state index contributed by atoms with van der Waals surface area (Å²) in [5.41, 5.74) is -2.41. The standard InChI is InChI=1S/C12H19NO4.C7H11NO6/c1-12(2,3)17-11(15)13-7-5-6-9(8-13)10(14)16-4;9-4-1-2-8(6(12)13)3-7(4,14)5(10)11/h6H,5,7-8H2,1-4H3;4,9,14H,1-3H2,(H,10,11)(H,12,13)/t;4-,7+/m.0/s1. The number of methoxy groups -OCH3 is 1. The second-order valence-electron chi connectivity index (χ2n) is 8.15. The van der Waals surface area contributed by atoms with E-state index < -0.39 is 48.0 Å². The second-order valence-corrected chi connectivity index (χ2v) is 8.15. The maximum absolute atomic E-state index is 11.8. The van der Waals surface area contributed by atoms with Gasteiger partial charge in [-0.2, -0.15) is 0 Å². The number of aliphatic hydroxyl groups excluding tert-OH is 1. The Morgan fingerprint density at radius 3 is 2.23 bits per heavy atom. The number of β-amino-alcohol motifs (C(OH)–C–C–N with tert-alkyl or cyclic N) is 1. The van der Waals surface area contributed by atoms with E-state index in [1.165, 1.54) is 12.0 Å². The zero-order valence-corrected chi connectivity index (χ0v) is 18.0. The van der Waals surface area contributed by atoms with E-state index in [0.29, 0.717) is 18.5 Å². The number of likely N-dealkylation sites (tertiary alicyclic amines) is 1. The van der Waals surface area contributed by atoms with Crippen molar-refractivity contribution in [3.63, 3.8) is 0 Å². The van der Waals surface area contributed by atoms with E-state index in [9.17, 15) is 29.4 Å². The van der Waals surface area contributed by atoms with Crippen molar-refractivity contribution < 1.29 is 49.1 Å².